The maximum absolute atomic E-state index is 11.9. The van der Waals surface area contributed by atoms with Crippen molar-refractivity contribution >= 4 is 11.9 Å². The van der Waals surface area contributed by atoms with Crippen molar-refractivity contribution in [2.45, 2.75) is 43.8 Å². The van der Waals surface area contributed by atoms with Crippen molar-refractivity contribution in [2.75, 3.05) is 13.7 Å². The molecule has 9 nitrogen and oxygen atoms in total. The molecule has 1 aliphatic heterocycles. The summed E-state index contributed by atoms with van der Waals surface area (Å²) in [4.78, 5) is 23.3. The van der Waals surface area contributed by atoms with Gasteiger partial charge in [0.1, 0.15) is 18.3 Å². The summed E-state index contributed by atoms with van der Waals surface area (Å²) in [7, 11) is 1.12. The van der Waals surface area contributed by atoms with Crippen molar-refractivity contribution in [1.29, 1.82) is 0 Å². The summed E-state index contributed by atoms with van der Waals surface area (Å²) >= 11 is 0. The van der Waals surface area contributed by atoms with Crippen LogP contribution < -0.4 is 5.32 Å². The maximum Gasteiger partial charge on any atom is 0.373 e. The third-order valence-electron chi connectivity index (χ3n) is 3.62. The Morgan fingerprint density at radius 1 is 1.46 bits per heavy atom. The van der Waals surface area contributed by atoms with Gasteiger partial charge in [-0.2, -0.15) is 0 Å². The molecule has 24 heavy (non-hydrogen) atoms. The van der Waals surface area contributed by atoms with Gasteiger partial charge in [0, 0.05) is 12.5 Å². The number of methoxy groups -OCH3 is 1. The number of hydrogen-bond acceptors (Lipinski definition) is 8. The van der Waals surface area contributed by atoms with E-state index < -0.39 is 48.9 Å². The zero-order valence-corrected chi connectivity index (χ0v) is 13.5. The van der Waals surface area contributed by atoms with Gasteiger partial charge in [-0.05, 0) is 6.42 Å². The molecule has 0 aromatic rings. The highest BCUT2D eigenvalue weighted by Gasteiger charge is 2.46. The standard InChI is InChI=1S/C15H23NO8/c1-4-5-8-11(20)10(16-7(2)18)14(12(21)9(19)6-17)24-13(8)15(22)23-3/h4,9-12,14,17,19-21H,1,5-6H2,2-3H3,(H,16,18)/t9?,10-,11+,12?,14-/m1/s1. The van der Waals surface area contributed by atoms with Crippen LogP contribution in [0.2, 0.25) is 0 Å². The molecule has 0 radical (unpaired) electrons. The minimum atomic E-state index is -1.67. The van der Waals surface area contributed by atoms with Crippen molar-refractivity contribution in [1.82, 2.24) is 5.32 Å². The van der Waals surface area contributed by atoms with Crippen molar-refractivity contribution in [3.8, 4) is 0 Å². The lowest BCUT2D eigenvalue weighted by Gasteiger charge is -2.40. The molecule has 136 valence electrons. The Labute approximate surface area is 139 Å². The predicted octanol–water partition coefficient (Wildman–Crippen LogP) is -2.03. The number of ether oxygens (including phenoxy) is 2. The number of hydrogen-bond donors (Lipinski definition) is 5. The van der Waals surface area contributed by atoms with Crippen molar-refractivity contribution in [3.05, 3.63) is 24.0 Å². The van der Waals surface area contributed by atoms with Crippen LogP contribution in [0.15, 0.2) is 24.0 Å². The van der Waals surface area contributed by atoms with Gasteiger partial charge in [0.25, 0.3) is 0 Å². The largest absolute Gasteiger partial charge is 0.478 e. The minimum Gasteiger partial charge on any atom is -0.478 e. The van der Waals surface area contributed by atoms with Gasteiger partial charge in [-0.15, -0.1) is 6.58 Å². The first-order chi connectivity index (χ1) is 11.3. The number of aliphatic hydroxyl groups excluding tert-OH is 4. The number of esters is 1. The molecule has 0 aromatic carbocycles. The number of allylic oxidation sites excluding steroid dienone is 1. The summed E-state index contributed by atoms with van der Waals surface area (Å²) in [5.41, 5.74) is 0.123. The molecular formula is C15H23NO8. The van der Waals surface area contributed by atoms with E-state index in [1.165, 1.54) is 13.0 Å². The Morgan fingerprint density at radius 3 is 2.54 bits per heavy atom. The highest BCUT2D eigenvalue weighted by molar-refractivity contribution is 5.87. The Morgan fingerprint density at radius 2 is 2.08 bits per heavy atom. The summed E-state index contributed by atoms with van der Waals surface area (Å²) < 4.78 is 10.0. The van der Waals surface area contributed by atoms with Gasteiger partial charge < -0.3 is 35.2 Å². The molecule has 5 atom stereocenters. The molecule has 1 aliphatic rings. The van der Waals surface area contributed by atoms with Gasteiger partial charge in [0.05, 0.1) is 19.8 Å². The van der Waals surface area contributed by atoms with Crippen LogP contribution in [0, 0.1) is 0 Å². The summed E-state index contributed by atoms with van der Waals surface area (Å²) in [5, 5.41) is 41.7. The Hall–Kier alpha value is -1.94. The van der Waals surface area contributed by atoms with Gasteiger partial charge in [-0.25, -0.2) is 4.79 Å². The van der Waals surface area contributed by atoms with E-state index >= 15 is 0 Å². The lowest BCUT2D eigenvalue weighted by Crippen LogP contribution is -2.61. The zero-order chi connectivity index (χ0) is 18.4. The summed E-state index contributed by atoms with van der Waals surface area (Å²) in [5.74, 6) is -1.73. The first-order valence-corrected chi connectivity index (χ1v) is 7.29. The van der Waals surface area contributed by atoms with Crippen LogP contribution in [0.25, 0.3) is 0 Å². The first-order valence-electron chi connectivity index (χ1n) is 7.29. The van der Waals surface area contributed by atoms with Crippen LogP contribution >= 0.6 is 0 Å². The van der Waals surface area contributed by atoms with E-state index in [1.54, 1.807) is 0 Å². The number of aliphatic hydroxyl groups is 4. The van der Waals surface area contributed by atoms with Crippen LogP contribution in [0.3, 0.4) is 0 Å². The van der Waals surface area contributed by atoms with E-state index in [0.717, 1.165) is 7.11 Å². The van der Waals surface area contributed by atoms with Gasteiger partial charge in [0.2, 0.25) is 11.7 Å². The molecule has 2 unspecified atom stereocenters. The van der Waals surface area contributed by atoms with Crippen LogP contribution in [0.5, 0.6) is 0 Å². The second kappa shape index (κ2) is 8.78. The fraction of sp³-hybridized carbons (Fsp3) is 0.600. The number of nitrogens with one attached hydrogen (secondary N) is 1. The molecule has 1 rings (SSSR count). The number of rotatable bonds is 7. The third kappa shape index (κ3) is 4.32. The lowest BCUT2D eigenvalue weighted by molar-refractivity contribution is -0.153. The van der Waals surface area contributed by atoms with E-state index in [0.29, 0.717) is 0 Å². The quantitative estimate of drug-likeness (QED) is 0.262. The van der Waals surface area contributed by atoms with Crippen molar-refractivity contribution < 1.29 is 39.5 Å². The number of amides is 1. The topological polar surface area (TPSA) is 146 Å². The van der Waals surface area contributed by atoms with Crippen LogP contribution in [-0.2, 0) is 19.1 Å². The monoisotopic (exact) mass is 345 g/mol. The summed E-state index contributed by atoms with van der Waals surface area (Å²) in [6, 6.07) is -1.15. The Balaban J connectivity index is 3.33. The molecule has 0 aliphatic carbocycles. The van der Waals surface area contributed by atoms with Crippen LogP contribution in [0.4, 0.5) is 0 Å². The highest BCUT2D eigenvalue weighted by Crippen LogP contribution is 2.30. The molecule has 1 heterocycles. The first kappa shape index (κ1) is 20.1. The van der Waals surface area contributed by atoms with Gasteiger partial charge in [0.15, 0.2) is 6.10 Å². The fourth-order valence-electron chi connectivity index (χ4n) is 2.46. The summed E-state index contributed by atoms with van der Waals surface area (Å²) in [6.45, 7) is 3.95. The molecule has 0 bridgehead atoms. The second-order valence-electron chi connectivity index (χ2n) is 5.33. The zero-order valence-electron chi connectivity index (χ0n) is 13.5. The second-order valence-corrected chi connectivity index (χ2v) is 5.33. The van der Waals surface area contributed by atoms with E-state index in [1.807, 2.05) is 0 Å². The van der Waals surface area contributed by atoms with E-state index in [2.05, 4.69) is 16.6 Å². The van der Waals surface area contributed by atoms with Crippen molar-refractivity contribution in [2.24, 2.45) is 0 Å². The minimum absolute atomic E-state index is 0.0764. The number of carbonyl (C=O) groups is 2. The highest BCUT2D eigenvalue weighted by atomic mass is 16.6. The molecule has 5 N–H and O–H groups in total. The van der Waals surface area contributed by atoms with E-state index in [9.17, 15) is 24.9 Å². The molecule has 9 heteroatoms. The normalized spacial score (nSPS) is 26.2. The van der Waals surface area contributed by atoms with E-state index in [-0.39, 0.29) is 17.8 Å². The molecule has 0 aromatic heterocycles. The molecule has 0 saturated carbocycles. The van der Waals surface area contributed by atoms with Crippen molar-refractivity contribution in [3.63, 3.8) is 0 Å². The molecule has 0 fully saturated rings. The lowest BCUT2D eigenvalue weighted by atomic mass is 9.87. The Kier molecular flexibility index (Phi) is 7.36. The average Bonchev–Trinajstić information content (AvgIpc) is 2.56. The molecular weight excluding hydrogens is 322 g/mol. The van der Waals surface area contributed by atoms with Gasteiger partial charge in [-0.3, -0.25) is 4.79 Å². The van der Waals surface area contributed by atoms with Gasteiger partial charge >= 0.3 is 5.97 Å². The Bertz CT molecular complexity index is 518. The number of carbonyl (C=O) groups excluding carboxylic acids is 2. The van der Waals surface area contributed by atoms with E-state index in [4.69, 9.17) is 9.84 Å². The molecule has 0 spiro atoms. The smallest absolute Gasteiger partial charge is 0.373 e. The fourth-order valence-corrected chi connectivity index (χ4v) is 2.46. The summed E-state index contributed by atoms with van der Waals surface area (Å²) in [6.07, 6.45) is -4.54. The van der Waals surface area contributed by atoms with Crippen LogP contribution in [-0.4, -0.2) is 76.5 Å². The predicted molar refractivity (Wildman–Crippen MR) is 81.4 cm³/mol. The van der Waals surface area contributed by atoms with Gasteiger partial charge in [-0.1, -0.05) is 6.08 Å². The van der Waals surface area contributed by atoms with Crippen LogP contribution in [0.1, 0.15) is 13.3 Å². The molecule has 0 saturated heterocycles. The third-order valence-corrected chi connectivity index (χ3v) is 3.62. The maximum atomic E-state index is 11.9. The average molecular weight is 345 g/mol. The SMILES string of the molecule is C=CCC1=C(C(=O)OC)O[C@@H](C(O)C(O)CO)[C@H](NC(C)=O)[C@H]1O. The molecule has 1 amide bonds.